The van der Waals surface area contributed by atoms with E-state index < -0.39 is 0 Å². The lowest BCUT2D eigenvalue weighted by molar-refractivity contribution is -0.115. The molecule has 0 spiro atoms. The van der Waals surface area contributed by atoms with Crippen molar-refractivity contribution in [2.24, 2.45) is 11.7 Å². The molecule has 6 heteroatoms. The summed E-state index contributed by atoms with van der Waals surface area (Å²) < 4.78 is 0. The van der Waals surface area contributed by atoms with Crippen LogP contribution in [0.5, 0.6) is 0 Å². The molecular formula is C17H27N3OS2. The lowest BCUT2D eigenvalue weighted by Crippen LogP contribution is -2.32. The number of carbonyl (C=O) groups excluding carboxylic acids is 1. The molecule has 1 aromatic carbocycles. The molecule has 1 atom stereocenters. The fourth-order valence-corrected chi connectivity index (χ4v) is 3.13. The number of primary amides is 1. The molecule has 0 fully saturated rings. The Kier molecular flexibility index (Phi) is 9.71. The van der Waals surface area contributed by atoms with Crippen molar-refractivity contribution >= 4 is 40.7 Å². The second-order valence-electron chi connectivity index (χ2n) is 5.50. The number of para-hydroxylation sites is 1. The fourth-order valence-electron chi connectivity index (χ4n) is 2.19. The minimum Gasteiger partial charge on any atom is -0.369 e. The van der Waals surface area contributed by atoms with Crippen LogP contribution >= 0.6 is 24.0 Å². The van der Waals surface area contributed by atoms with E-state index in [9.17, 15) is 4.79 Å². The summed E-state index contributed by atoms with van der Waals surface area (Å²) in [6, 6.07) is 7.78. The average Bonchev–Trinajstić information content (AvgIpc) is 2.54. The van der Waals surface area contributed by atoms with Gasteiger partial charge in [0.2, 0.25) is 5.91 Å². The van der Waals surface area contributed by atoms with Crippen LogP contribution in [0.15, 0.2) is 29.2 Å². The van der Waals surface area contributed by atoms with E-state index in [4.69, 9.17) is 18.0 Å². The van der Waals surface area contributed by atoms with E-state index in [0.29, 0.717) is 11.0 Å². The lowest BCUT2D eigenvalue weighted by atomic mass is 9.99. The minimum atomic E-state index is -0.327. The van der Waals surface area contributed by atoms with Crippen LogP contribution in [0.1, 0.15) is 39.5 Å². The van der Waals surface area contributed by atoms with Gasteiger partial charge in [-0.2, -0.15) is 0 Å². The predicted molar refractivity (Wildman–Crippen MR) is 104 cm³/mol. The Morgan fingerprint density at radius 1 is 1.35 bits per heavy atom. The highest BCUT2D eigenvalue weighted by molar-refractivity contribution is 8.00. The molecule has 0 bridgehead atoms. The van der Waals surface area contributed by atoms with E-state index in [1.807, 2.05) is 24.3 Å². The smallest absolute Gasteiger partial charge is 0.227 e. The molecule has 1 aromatic rings. The average molecular weight is 354 g/mol. The van der Waals surface area contributed by atoms with Crippen LogP contribution in [-0.2, 0) is 4.79 Å². The zero-order valence-corrected chi connectivity index (χ0v) is 15.6. The van der Waals surface area contributed by atoms with Crippen molar-refractivity contribution in [3.8, 4) is 0 Å². The topological polar surface area (TPSA) is 67.2 Å². The van der Waals surface area contributed by atoms with Crippen LogP contribution in [-0.4, -0.2) is 23.3 Å². The van der Waals surface area contributed by atoms with Gasteiger partial charge in [0.15, 0.2) is 5.11 Å². The second kappa shape index (κ2) is 11.3. The van der Waals surface area contributed by atoms with Crippen LogP contribution in [0.25, 0.3) is 0 Å². The van der Waals surface area contributed by atoms with Gasteiger partial charge in [-0.15, -0.1) is 11.8 Å². The number of amides is 1. The number of hydrogen-bond donors (Lipinski definition) is 3. The van der Waals surface area contributed by atoms with Gasteiger partial charge in [0.1, 0.15) is 0 Å². The molecule has 0 radical (unpaired) electrons. The van der Waals surface area contributed by atoms with E-state index in [-0.39, 0.29) is 11.7 Å². The van der Waals surface area contributed by atoms with Gasteiger partial charge in [0.05, 0.1) is 11.4 Å². The molecule has 0 aliphatic heterocycles. The molecule has 1 rings (SSSR count). The van der Waals surface area contributed by atoms with Gasteiger partial charge in [-0.25, -0.2) is 0 Å². The molecule has 0 unspecified atom stereocenters. The number of hydrogen-bond acceptors (Lipinski definition) is 3. The summed E-state index contributed by atoms with van der Waals surface area (Å²) in [5, 5.41) is 7.14. The van der Waals surface area contributed by atoms with Crippen LogP contribution < -0.4 is 16.4 Å². The maximum atomic E-state index is 10.9. The maximum absolute atomic E-state index is 10.9. The zero-order valence-electron chi connectivity index (χ0n) is 13.9. The molecule has 0 aliphatic rings. The first-order chi connectivity index (χ1) is 11.1. The van der Waals surface area contributed by atoms with Crippen LogP contribution in [0.2, 0.25) is 0 Å². The predicted octanol–water partition coefficient (Wildman–Crippen LogP) is 3.77. The molecular weight excluding hydrogens is 326 g/mol. The van der Waals surface area contributed by atoms with E-state index in [0.717, 1.165) is 23.5 Å². The SMILES string of the molecule is CCCC[C@H](CC)CNC(=S)Nc1ccccc1SCC(N)=O. The van der Waals surface area contributed by atoms with Crippen LogP contribution in [0.4, 0.5) is 5.69 Å². The van der Waals surface area contributed by atoms with Crippen molar-refractivity contribution in [3.05, 3.63) is 24.3 Å². The van der Waals surface area contributed by atoms with E-state index >= 15 is 0 Å². The fraction of sp³-hybridized carbons (Fsp3) is 0.529. The Morgan fingerprint density at radius 2 is 2.09 bits per heavy atom. The summed E-state index contributed by atoms with van der Waals surface area (Å²) >= 11 is 6.80. The number of nitrogens with one attached hydrogen (secondary N) is 2. The van der Waals surface area contributed by atoms with Crippen molar-refractivity contribution < 1.29 is 4.79 Å². The summed E-state index contributed by atoms with van der Waals surface area (Å²) in [4.78, 5) is 11.9. The largest absolute Gasteiger partial charge is 0.369 e. The van der Waals surface area contributed by atoms with Crippen LogP contribution in [0.3, 0.4) is 0 Å². The van der Waals surface area contributed by atoms with Gasteiger partial charge in [0.25, 0.3) is 0 Å². The second-order valence-corrected chi connectivity index (χ2v) is 6.93. The molecule has 1 amide bonds. The number of nitrogens with two attached hydrogens (primary N) is 1. The molecule has 128 valence electrons. The number of rotatable bonds is 10. The highest BCUT2D eigenvalue weighted by atomic mass is 32.2. The number of anilines is 1. The van der Waals surface area contributed by atoms with Gasteiger partial charge < -0.3 is 16.4 Å². The Hall–Kier alpha value is -1.27. The monoisotopic (exact) mass is 353 g/mol. The summed E-state index contributed by atoms with van der Waals surface area (Å²) in [6.45, 7) is 5.32. The third-order valence-corrected chi connectivity index (χ3v) is 4.94. The summed E-state index contributed by atoms with van der Waals surface area (Å²) in [7, 11) is 0. The van der Waals surface area contributed by atoms with Crippen molar-refractivity contribution in [3.63, 3.8) is 0 Å². The van der Waals surface area contributed by atoms with E-state index in [1.54, 1.807) is 0 Å². The zero-order chi connectivity index (χ0) is 17.1. The Bertz CT molecular complexity index is 508. The number of thiocarbonyl (C=S) groups is 1. The van der Waals surface area contributed by atoms with Gasteiger partial charge in [0, 0.05) is 11.4 Å². The third-order valence-electron chi connectivity index (χ3n) is 3.60. The van der Waals surface area contributed by atoms with Gasteiger partial charge >= 0.3 is 0 Å². The highest BCUT2D eigenvalue weighted by Crippen LogP contribution is 2.26. The number of carbonyl (C=O) groups is 1. The molecule has 4 nitrogen and oxygen atoms in total. The number of benzene rings is 1. The Morgan fingerprint density at radius 3 is 2.74 bits per heavy atom. The molecule has 0 saturated heterocycles. The summed E-state index contributed by atoms with van der Waals surface area (Å²) in [6.07, 6.45) is 4.87. The third kappa shape index (κ3) is 8.23. The van der Waals surface area contributed by atoms with Crippen molar-refractivity contribution in [2.75, 3.05) is 17.6 Å². The van der Waals surface area contributed by atoms with Gasteiger partial charge in [-0.3, -0.25) is 4.79 Å². The Labute approximate surface area is 149 Å². The highest BCUT2D eigenvalue weighted by Gasteiger charge is 2.09. The molecule has 0 heterocycles. The summed E-state index contributed by atoms with van der Waals surface area (Å²) in [5.41, 5.74) is 6.11. The van der Waals surface area contributed by atoms with Gasteiger partial charge in [-0.1, -0.05) is 45.2 Å². The normalized spacial score (nSPS) is 11.7. The lowest BCUT2D eigenvalue weighted by Gasteiger charge is -2.18. The van der Waals surface area contributed by atoms with Crippen LogP contribution in [0, 0.1) is 5.92 Å². The molecule has 4 N–H and O–H groups in total. The van der Waals surface area contributed by atoms with Crippen molar-refractivity contribution in [1.82, 2.24) is 5.32 Å². The Balaban J connectivity index is 2.51. The van der Waals surface area contributed by atoms with Crippen molar-refractivity contribution in [2.45, 2.75) is 44.4 Å². The summed E-state index contributed by atoms with van der Waals surface area (Å²) in [5.74, 6) is 0.578. The van der Waals surface area contributed by atoms with Gasteiger partial charge in [-0.05, 0) is 36.7 Å². The molecule has 23 heavy (non-hydrogen) atoms. The maximum Gasteiger partial charge on any atom is 0.227 e. The standard InChI is InChI=1S/C17H27N3OS2/c1-3-5-8-13(4-2)11-19-17(22)20-14-9-6-7-10-15(14)23-12-16(18)21/h6-7,9-10,13H,3-5,8,11-12H2,1-2H3,(H2,18,21)(H2,19,20,22)/t13-/m0/s1. The molecule has 0 saturated carbocycles. The minimum absolute atomic E-state index is 0.258. The first-order valence-electron chi connectivity index (χ1n) is 8.11. The first-order valence-corrected chi connectivity index (χ1v) is 9.51. The number of unbranched alkanes of at least 4 members (excludes halogenated alkanes) is 1. The van der Waals surface area contributed by atoms with Crippen molar-refractivity contribution in [1.29, 1.82) is 0 Å². The quantitative estimate of drug-likeness (QED) is 0.441. The molecule has 0 aliphatic carbocycles. The van der Waals surface area contributed by atoms with E-state index in [2.05, 4.69) is 24.5 Å². The van der Waals surface area contributed by atoms with E-state index in [1.165, 1.54) is 31.0 Å². The first kappa shape index (κ1) is 19.8. The number of thioether (sulfide) groups is 1. The molecule has 0 aromatic heterocycles.